The van der Waals surface area contributed by atoms with Crippen molar-refractivity contribution < 1.29 is 4.42 Å². The van der Waals surface area contributed by atoms with Crippen molar-refractivity contribution in [1.82, 2.24) is 25.4 Å². The van der Waals surface area contributed by atoms with Crippen LogP contribution in [-0.2, 0) is 6.42 Å². The van der Waals surface area contributed by atoms with Gasteiger partial charge in [0.1, 0.15) is 5.82 Å². The highest BCUT2D eigenvalue weighted by atomic mass is 35.5. The molecule has 1 aliphatic rings. The maximum absolute atomic E-state index is 6.19. The van der Waals surface area contributed by atoms with Crippen LogP contribution >= 0.6 is 11.6 Å². The molecule has 0 radical (unpaired) electrons. The second-order valence-corrected chi connectivity index (χ2v) is 7.65. The van der Waals surface area contributed by atoms with Gasteiger partial charge in [-0.3, -0.25) is 10.1 Å². The van der Waals surface area contributed by atoms with Gasteiger partial charge in [0, 0.05) is 56.9 Å². The van der Waals surface area contributed by atoms with E-state index in [9.17, 15) is 0 Å². The number of nitrogens with one attached hydrogen (secondary N) is 2. The van der Waals surface area contributed by atoms with Crippen LogP contribution in [0.5, 0.6) is 0 Å². The largest absolute Gasteiger partial charge is 0.461 e. The normalized spacial score (nSPS) is 15.0. The minimum absolute atomic E-state index is 0.576. The molecule has 2 aromatic heterocycles. The summed E-state index contributed by atoms with van der Waals surface area (Å²) in [7, 11) is 1.82. The van der Waals surface area contributed by atoms with E-state index in [0.717, 1.165) is 43.0 Å². The first-order valence-corrected chi connectivity index (χ1v) is 10.4. The molecule has 0 saturated carbocycles. The van der Waals surface area contributed by atoms with E-state index in [0.29, 0.717) is 24.6 Å². The fraction of sp³-hybridized carbons (Fsp3) is 0.381. The van der Waals surface area contributed by atoms with Gasteiger partial charge in [0.25, 0.3) is 0 Å². The molecule has 8 nitrogen and oxygen atoms in total. The SMILES string of the molecule is CN=C(NCCc1nc(-c2ccco2)n[nH]1)N1CCN(c2cc(Cl)ccc2C)CC1. The molecular weight excluding hydrogens is 402 g/mol. The Labute approximate surface area is 181 Å². The van der Waals surface area contributed by atoms with Crippen LogP contribution in [0, 0.1) is 6.92 Å². The topological polar surface area (TPSA) is 85.6 Å². The molecule has 1 fully saturated rings. The van der Waals surface area contributed by atoms with Gasteiger partial charge in [-0.25, -0.2) is 4.98 Å². The Bertz CT molecular complexity index is 991. The highest BCUT2D eigenvalue weighted by Crippen LogP contribution is 2.25. The average Bonchev–Trinajstić information content (AvgIpc) is 3.45. The highest BCUT2D eigenvalue weighted by Gasteiger charge is 2.21. The Morgan fingerprint density at radius 2 is 2.10 bits per heavy atom. The summed E-state index contributed by atoms with van der Waals surface area (Å²) in [5, 5.41) is 11.4. The minimum atomic E-state index is 0.576. The number of aromatic nitrogens is 3. The number of guanidine groups is 1. The van der Waals surface area contributed by atoms with E-state index in [4.69, 9.17) is 16.0 Å². The second-order valence-electron chi connectivity index (χ2n) is 7.21. The highest BCUT2D eigenvalue weighted by molar-refractivity contribution is 6.30. The van der Waals surface area contributed by atoms with Gasteiger partial charge in [-0.2, -0.15) is 5.10 Å². The van der Waals surface area contributed by atoms with Gasteiger partial charge in [0.15, 0.2) is 11.7 Å². The first-order valence-electron chi connectivity index (χ1n) is 10.1. The maximum atomic E-state index is 6.19. The molecule has 30 heavy (non-hydrogen) atoms. The molecule has 3 heterocycles. The summed E-state index contributed by atoms with van der Waals surface area (Å²) < 4.78 is 5.33. The molecule has 0 spiro atoms. The van der Waals surface area contributed by atoms with Crippen molar-refractivity contribution >= 4 is 23.2 Å². The standard InChI is InChI=1S/C21H26ClN7O/c1-15-5-6-16(22)14-17(15)28-9-11-29(12-10-28)21(23-2)24-8-7-19-25-20(27-26-19)18-4-3-13-30-18/h3-6,13-14H,7-12H2,1-2H3,(H,23,24)(H,25,26,27). The molecule has 1 saturated heterocycles. The van der Waals surface area contributed by atoms with Gasteiger partial charge >= 0.3 is 0 Å². The molecule has 0 unspecified atom stereocenters. The number of hydrogen-bond donors (Lipinski definition) is 2. The van der Waals surface area contributed by atoms with Crippen LogP contribution in [-0.4, -0.2) is 65.8 Å². The molecule has 0 atom stereocenters. The average molecular weight is 428 g/mol. The smallest absolute Gasteiger partial charge is 0.216 e. The molecule has 0 bridgehead atoms. The van der Waals surface area contributed by atoms with Crippen LogP contribution in [0.1, 0.15) is 11.4 Å². The number of anilines is 1. The molecule has 1 aliphatic heterocycles. The Morgan fingerprint density at radius 3 is 2.83 bits per heavy atom. The Morgan fingerprint density at radius 1 is 1.27 bits per heavy atom. The molecule has 3 aromatic rings. The van der Waals surface area contributed by atoms with E-state index in [1.165, 1.54) is 11.3 Å². The van der Waals surface area contributed by atoms with Crippen molar-refractivity contribution in [3.63, 3.8) is 0 Å². The summed E-state index contributed by atoms with van der Waals surface area (Å²) in [6.07, 6.45) is 2.33. The number of hydrogen-bond acceptors (Lipinski definition) is 5. The minimum Gasteiger partial charge on any atom is -0.461 e. The lowest BCUT2D eigenvalue weighted by atomic mass is 10.1. The Hall–Kier alpha value is -3.00. The molecule has 0 amide bonds. The Balaban J connectivity index is 1.28. The van der Waals surface area contributed by atoms with Crippen LogP contribution in [0.2, 0.25) is 5.02 Å². The van der Waals surface area contributed by atoms with Gasteiger partial charge in [-0.1, -0.05) is 17.7 Å². The lowest BCUT2D eigenvalue weighted by Crippen LogP contribution is -2.53. The van der Waals surface area contributed by atoms with E-state index >= 15 is 0 Å². The van der Waals surface area contributed by atoms with Crippen LogP contribution in [0.15, 0.2) is 46.0 Å². The number of nitrogens with zero attached hydrogens (tertiary/aromatic N) is 5. The van der Waals surface area contributed by atoms with E-state index in [-0.39, 0.29) is 0 Å². The lowest BCUT2D eigenvalue weighted by molar-refractivity contribution is 0.372. The molecule has 158 valence electrons. The van der Waals surface area contributed by atoms with Gasteiger partial charge in [-0.15, -0.1) is 0 Å². The zero-order valence-corrected chi connectivity index (χ0v) is 18.0. The third-order valence-electron chi connectivity index (χ3n) is 5.22. The van der Waals surface area contributed by atoms with Gasteiger partial charge < -0.3 is 19.5 Å². The monoisotopic (exact) mass is 427 g/mol. The van der Waals surface area contributed by atoms with Crippen LogP contribution in [0.4, 0.5) is 5.69 Å². The number of aromatic amines is 1. The molecule has 2 N–H and O–H groups in total. The maximum Gasteiger partial charge on any atom is 0.216 e. The lowest BCUT2D eigenvalue weighted by Gasteiger charge is -2.38. The third kappa shape index (κ3) is 4.59. The summed E-state index contributed by atoms with van der Waals surface area (Å²) >= 11 is 6.19. The number of aryl methyl sites for hydroxylation is 1. The zero-order chi connectivity index (χ0) is 20.9. The van der Waals surface area contributed by atoms with Crippen molar-refractivity contribution in [3.05, 3.63) is 53.0 Å². The summed E-state index contributed by atoms with van der Waals surface area (Å²) in [6.45, 7) is 6.49. The zero-order valence-electron chi connectivity index (χ0n) is 17.2. The summed E-state index contributed by atoms with van der Waals surface area (Å²) in [5.41, 5.74) is 2.46. The van der Waals surface area contributed by atoms with Crippen molar-refractivity contribution in [2.45, 2.75) is 13.3 Å². The van der Waals surface area contributed by atoms with Crippen LogP contribution in [0.3, 0.4) is 0 Å². The summed E-state index contributed by atoms with van der Waals surface area (Å²) in [4.78, 5) is 13.6. The number of halogens is 1. The van der Waals surface area contributed by atoms with Gasteiger partial charge in [0.05, 0.1) is 6.26 Å². The molecule has 1 aromatic carbocycles. The molecule has 0 aliphatic carbocycles. The van der Waals surface area contributed by atoms with E-state index in [1.54, 1.807) is 6.26 Å². The Kier molecular flexibility index (Phi) is 6.23. The second kappa shape index (κ2) is 9.21. The van der Waals surface area contributed by atoms with Crippen LogP contribution in [0.25, 0.3) is 11.6 Å². The predicted octanol–water partition coefficient (Wildman–Crippen LogP) is 2.97. The fourth-order valence-corrected chi connectivity index (χ4v) is 3.80. The number of rotatable bonds is 5. The number of H-pyrrole nitrogens is 1. The number of furan rings is 1. The van der Waals surface area contributed by atoms with Crippen molar-refractivity contribution in [1.29, 1.82) is 0 Å². The van der Waals surface area contributed by atoms with E-state index in [1.807, 2.05) is 31.3 Å². The van der Waals surface area contributed by atoms with Crippen molar-refractivity contribution in [2.75, 3.05) is 44.7 Å². The van der Waals surface area contributed by atoms with Gasteiger partial charge in [0.2, 0.25) is 5.82 Å². The van der Waals surface area contributed by atoms with Crippen LogP contribution < -0.4 is 10.2 Å². The molecule has 9 heteroatoms. The predicted molar refractivity (Wildman–Crippen MR) is 119 cm³/mol. The molecular formula is C21H26ClN7O. The number of aliphatic imine (C=N–C) groups is 1. The summed E-state index contributed by atoms with van der Waals surface area (Å²) in [5.74, 6) is 2.95. The summed E-state index contributed by atoms with van der Waals surface area (Å²) in [6, 6.07) is 9.73. The van der Waals surface area contributed by atoms with Crippen molar-refractivity contribution in [2.24, 2.45) is 4.99 Å². The first-order chi connectivity index (χ1) is 14.6. The quantitative estimate of drug-likeness (QED) is 0.481. The van der Waals surface area contributed by atoms with E-state index < -0.39 is 0 Å². The number of benzene rings is 1. The van der Waals surface area contributed by atoms with Crippen molar-refractivity contribution in [3.8, 4) is 11.6 Å². The van der Waals surface area contributed by atoms with Gasteiger partial charge in [-0.05, 0) is 36.8 Å². The van der Waals surface area contributed by atoms with E-state index in [2.05, 4.69) is 48.3 Å². The molecule has 4 rings (SSSR count). The fourth-order valence-electron chi connectivity index (χ4n) is 3.63. The third-order valence-corrected chi connectivity index (χ3v) is 5.46. The first kappa shape index (κ1) is 20.3. The number of piperazine rings is 1.